The molecule has 0 aliphatic rings. The van der Waals surface area contributed by atoms with Gasteiger partial charge in [0.05, 0.1) is 12.7 Å². The smallest absolute Gasteiger partial charge is 0.337 e. The van der Waals surface area contributed by atoms with Crippen LogP contribution in [-0.2, 0) is 9.53 Å². The van der Waals surface area contributed by atoms with Gasteiger partial charge in [-0.25, -0.2) is 4.79 Å². The molecule has 0 radical (unpaired) electrons. The summed E-state index contributed by atoms with van der Waals surface area (Å²) in [5.41, 5.74) is 7.35. The summed E-state index contributed by atoms with van der Waals surface area (Å²) in [5, 5.41) is 2.63. The van der Waals surface area contributed by atoms with E-state index in [2.05, 4.69) is 10.1 Å². The number of esters is 1. The molecule has 96 valence electrons. The maximum atomic E-state index is 11.4. The monoisotopic (exact) mass is 248 g/mol. The average Bonchev–Trinajstić information content (AvgIpc) is 2.32. The first-order chi connectivity index (χ1) is 8.52. The number of carbonyl (C=O) groups excluding carboxylic acids is 2. The number of hydrogen-bond donors (Lipinski definition) is 2. The van der Waals surface area contributed by atoms with Crippen LogP contribution in [0.4, 0.5) is 5.69 Å². The van der Waals surface area contributed by atoms with Gasteiger partial charge in [-0.2, -0.15) is 0 Å². The van der Waals surface area contributed by atoms with E-state index in [9.17, 15) is 9.59 Å². The molecule has 0 atom stereocenters. The van der Waals surface area contributed by atoms with E-state index < -0.39 is 5.97 Å². The maximum Gasteiger partial charge on any atom is 0.337 e. The molecule has 0 heterocycles. The standard InChI is InChI=1S/C13H16N2O3/c1-9(16)15-5-3-4-10-6-11(13(17)18-2)8-12(14)7-10/h3-4,6-8H,5,14H2,1-2H3,(H,15,16). The molecule has 0 bridgehead atoms. The van der Waals surface area contributed by atoms with Crippen molar-refractivity contribution in [1.29, 1.82) is 0 Å². The fourth-order valence-corrected chi connectivity index (χ4v) is 1.41. The highest BCUT2D eigenvalue weighted by atomic mass is 16.5. The van der Waals surface area contributed by atoms with Crippen molar-refractivity contribution in [3.05, 3.63) is 35.4 Å². The van der Waals surface area contributed by atoms with E-state index in [1.54, 1.807) is 30.4 Å². The van der Waals surface area contributed by atoms with Gasteiger partial charge in [-0.05, 0) is 23.8 Å². The number of anilines is 1. The van der Waals surface area contributed by atoms with Gasteiger partial charge >= 0.3 is 5.97 Å². The molecule has 1 aromatic rings. The molecule has 0 fully saturated rings. The number of methoxy groups -OCH3 is 1. The summed E-state index contributed by atoms with van der Waals surface area (Å²) < 4.78 is 4.63. The number of amides is 1. The molecule has 0 unspecified atom stereocenters. The number of carbonyl (C=O) groups is 2. The number of rotatable bonds is 4. The SMILES string of the molecule is COC(=O)c1cc(N)cc(C=CCNC(C)=O)c1. The van der Waals surface area contributed by atoms with Crippen LogP contribution in [0.2, 0.25) is 0 Å². The summed E-state index contributed by atoms with van der Waals surface area (Å²) in [6.07, 6.45) is 3.55. The van der Waals surface area contributed by atoms with Crippen molar-refractivity contribution in [2.24, 2.45) is 0 Å². The lowest BCUT2D eigenvalue weighted by atomic mass is 10.1. The Kier molecular flexibility index (Phi) is 4.92. The lowest BCUT2D eigenvalue weighted by Crippen LogP contribution is -2.19. The van der Waals surface area contributed by atoms with Gasteiger partial charge in [0.2, 0.25) is 5.91 Å². The van der Waals surface area contributed by atoms with Gasteiger partial charge in [0.15, 0.2) is 0 Å². The molecule has 3 N–H and O–H groups in total. The van der Waals surface area contributed by atoms with Crippen molar-refractivity contribution in [3.63, 3.8) is 0 Å². The Labute approximate surface area is 106 Å². The lowest BCUT2D eigenvalue weighted by molar-refractivity contribution is -0.118. The van der Waals surface area contributed by atoms with E-state index in [-0.39, 0.29) is 5.91 Å². The van der Waals surface area contributed by atoms with Crippen LogP contribution >= 0.6 is 0 Å². The Hall–Kier alpha value is -2.30. The van der Waals surface area contributed by atoms with E-state index in [1.807, 2.05) is 0 Å². The van der Waals surface area contributed by atoms with Gasteiger partial charge in [0, 0.05) is 19.2 Å². The van der Waals surface area contributed by atoms with E-state index in [1.165, 1.54) is 14.0 Å². The highest BCUT2D eigenvalue weighted by Crippen LogP contribution is 2.14. The van der Waals surface area contributed by atoms with Crippen molar-refractivity contribution >= 4 is 23.6 Å². The summed E-state index contributed by atoms with van der Waals surface area (Å²) in [6, 6.07) is 4.96. The van der Waals surface area contributed by atoms with Crippen molar-refractivity contribution < 1.29 is 14.3 Å². The Morgan fingerprint density at radius 1 is 1.39 bits per heavy atom. The van der Waals surface area contributed by atoms with Crippen LogP contribution in [0.3, 0.4) is 0 Å². The number of nitrogens with two attached hydrogens (primary N) is 1. The molecule has 0 aliphatic carbocycles. The quantitative estimate of drug-likeness (QED) is 0.619. The molecule has 5 nitrogen and oxygen atoms in total. The molecule has 0 aromatic heterocycles. The first kappa shape index (κ1) is 13.8. The molecule has 1 rings (SSSR count). The predicted octanol–water partition coefficient (Wildman–Crippen LogP) is 1.20. The van der Waals surface area contributed by atoms with Crippen molar-refractivity contribution in [3.8, 4) is 0 Å². The third kappa shape index (κ3) is 4.29. The van der Waals surface area contributed by atoms with Crippen LogP contribution in [0.25, 0.3) is 6.08 Å². The number of nitrogens with one attached hydrogen (secondary N) is 1. The van der Waals surface area contributed by atoms with Gasteiger partial charge < -0.3 is 15.8 Å². The van der Waals surface area contributed by atoms with Crippen molar-refractivity contribution in [2.75, 3.05) is 19.4 Å². The third-order valence-corrected chi connectivity index (χ3v) is 2.18. The van der Waals surface area contributed by atoms with Crippen molar-refractivity contribution in [1.82, 2.24) is 5.32 Å². The van der Waals surface area contributed by atoms with Crippen LogP contribution in [0.5, 0.6) is 0 Å². The second-order valence-corrected chi connectivity index (χ2v) is 3.72. The summed E-state index contributed by atoms with van der Waals surface area (Å²) in [4.78, 5) is 22.0. The number of nitrogen functional groups attached to an aromatic ring is 1. The molecule has 0 spiro atoms. The Bertz CT molecular complexity index is 481. The fourth-order valence-electron chi connectivity index (χ4n) is 1.41. The average molecular weight is 248 g/mol. The molecular weight excluding hydrogens is 232 g/mol. The fraction of sp³-hybridized carbons (Fsp3) is 0.231. The molecule has 0 saturated carbocycles. The van der Waals surface area contributed by atoms with Crippen LogP contribution in [0.15, 0.2) is 24.3 Å². The number of ether oxygens (including phenoxy) is 1. The van der Waals surface area contributed by atoms with Crippen LogP contribution in [0, 0.1) is 0 Å². The minimum atomic E-state index is -0.432. The van der Waals surface area contributed by atoms with Crippen LogP contribution in [-0.4, -0.2) is 25.5 Å². The van der Waals surface area contributed by atoms with Crippen LogP contribution < -0.4 is 11.1 Å². The molecule has 5 heteroatoms. The van der Waals surface area contributed by atoms with E-state index in [0.29, 0.717) is 17.8 Å². The molecule has 1 amide bonds. The lowest BCUT2D eigenvalue weighted by Gasteiger charge is -2.03. The predicted molar refractivity (Wildman–Crippen MR) is 69.9 cm³/mol. The molecular formula is C13H16N2O3. The van der Waals surface area contributed by atoms with Crippen molar-refractivity contribution in [2.45, 2.75) is 6.92 Å². The highest BCUT2D eigenvalue weighted by molar-refractivity contribution is 5.91. The van der Waals surface area contributed by atoms with E-state index in [0.717, 1.165) is 5.56 Å². The molecule has 18 heavy (non-hydrogen) atoms. The van der Waals surface area contributed by atoms with Gasteiger partial charge in [0.25, 0.3) is 0 Å². The van der Waals surface area contributed by atoms with Gasteiger partial charge in [-0.1, -0.05) is 12.2 Å². The number of benzene rings is 1. The minimum absolute atomic E-state index is 0.0949. The Morgan fingerprint density at radius 2 is 2.11 bits per heavy atom. The zero-order chi connectivity index (χ0) is 13.5. The normalized spacial score (nSPS) is 10.3. The number of hydrogen-bond acceptors (Lipinski definition) is 4. The molecule has 0 aliphatic heterocycles. The second-order valence-electron chi connectivity index (χ2n) is 3.72. The zero-order valence-corrected chi connectivity index (χ0v) is 10.4. The third-order valence-electron chi connectivity index (χ3n) is 2.18. The zero-order valence-electron chi connectivity index (χ0n) is 10.4. The molecule has 0 saturated heterocycles. The Balaban J connectivity index is 2.80. The van der Waals surface area contributed by atoms with Gasteiger partial charge in [-0.3, -0.25) is 4.79 Å². The Morgan fingerprint density at radius 3 is 2.72 bits per heavy atom. The summed E-state index contributed by atoms with van der Waals surface area (Å²) in [7, 11) is 1.32. The first-order valence-corrected chi connectivity index (χ1v) is 5.43. The summed E-state index contributed by atoms with van der Waals surface area (Å²) >= 11 is 0. The van der Waals surface area contributed by atoms with E-state index >= 15 is 0 Å². The summed E-state index contributed by atoms with van der Waals surface area (Å²) in [5.74, 6) is -0.527. The largest absolute Gasteiger partial charge is 0.465 e. The summed E-state index contributed by atoms with van der Waals surface area (Å²) in [6.45, 7) is 1.88. The maximum absolute atomic E-state index is 11.4. The second kappa shape index (κ2) is 6.44. The first-order valence-electron chi connectivity index (χ1n) is 5.43. The van der Waals surface area contributed by atoms with Crippen LogP contribution in [0.1, 0.15) is 22.8 Å². The highest BCUT2D eigenvalue weighted by Gasteiger charge is 2.06. The topological polar surface area (TPSA) is 81.4 Å². The van der Waals surface area contributed by atoms with E-state index in [4.69, 9.17) is 5.73 Å². The van der Waals surface area contributed by atoms with Gasteiger partial charge in [-0.15, -0.1) is 0 Å². The molecule has 1 aromatic carbocycles. The van der Waals surface area contributed by atoms with Gasteiger partial charge in [0.1, 0.15) is 0 Å². The minimum Gasteiger partial charge on any atom is -0.465 e.